The molecule has 5 heteroatoms. The molecule has 6 rings (SSSR count). The number of ether oxygens (including phenoxy) is 1. The fourth-order valence-electron chi connectivity index (χ4n) is 4.25. The van der Waals surface area contributed by atoms with Gasteiger partial charge in [-0.1, -0.05) is 101 Å². The van der Waals surface area contributed by atoms with Crippen LogP contribution in [-0.2, 0) is 0 Å². The second kappa shape index (κ2) is 7.84. The number of allylic oxidation sites excluding steroid dienone is 2. The molecule has 0 amide bonds. The Bertz CT molecular complexity index is 1310. The second-order valence-electron chi connectivity index (χ2n) is 7.77. The Morgan fingerprint density at radius 2 is 1.31 bits per heavy atom. The van der Waals surface area contributed by atoms with Crippen molar-refractivity contribution in [2.75, 3.05) is 0 Å². The highest BCUT2D eigenvalue weighted by molar-refractivity contribution is 9.11. The van der Waals surface area contributed by atoms with Crippen LogP contribution in [0.5, 0.6) is 5.75 Å². The molecule has 154 valence electrons. The number of benzene rings is 3. The first-order chi connectivity index (χ1) is 15.8. The molecular formula is C27H18BrN3O. The van der Waals surface area contributed by atoms with Gasteiger partial charge in [-0.3, -0.25) is 0 Å². The number of aromatic nitrogens is 3. The number of hydrogen-bond acceptors (Lipinski definition) is 4. The summed E-state index contributed by atoms with van der Waals surface area (Å²) < 4.78 is 7.28. The lowest BCUT2D eigenvalue weighted by molar-refractivity contribution is 0.268. The van der Waals surface area contributed by atoms with E-state index in [1.165, 1.54) is 0 Å². The molecule has 1 aliphatic carbocycles. The first-order valence-electron chi connectivity index (χ1n) is 10.5. The molecule has 32 heavy (non-hydrogen) atoms. The minimum Gasteiger partial charge on any atom is -0.485 e. The van der Waals surface area contributed by atoms with Crippen LogP contribution in [0, 0.1) is 0 Å². The second-order valence-corrected chi connectivity index (χ2v) is 8.69. The first-order valence-corrected chi connectivity index (χ1v) is 11.3. The van der Waals surface area contributed by atoms with Crippen molar-refractivity contribution in [1.82, 2.24) is 15.0 Å². The monoisotopic (exact) mass is 479 g/mol. The molecule has 2 atom stereocenters. The molecule has 1 aliphatic heterocycles. The van der Waals surface area contributed by atoms with Crippen LogP contribution in [-0.4, -0.2) is 21.1 Å². The summed E-state index contributed by atoms with van der Waals surface area (Å²) in [5.41, 5.74) is 4.01. The number of rotatable bonds is 3. The minimum atomic E-state index is -0.0328. The van der Waals surface area contributed by atoms with Gasteiger partial charge in [0.15, 0.2) is 17.5 Å². The molecule has 0 saturated heterocycles. The van der Waals surface area contributed by atoms with Gasteiger partial charge < -0.3 is 4.74 Å². The normalized spacial score (nSPS) is 18.5. The fourth-order valence-corrected chi connectivity index (χ4v) is 4.66. The van der Waals surface area contributed by atoms with Crippen molar-refractivity contribution in [3.8, 4) is 39.9 Å². The summed E-state index contributed by atoms with van der Waals surface area (Å²) in [7, 11) is 0. The SMILES string of the molecule is BrC1=CC2Oc3cccc(-c4nc(-c5ccccc5)nc(-c5ccccc5)n4)c3C2C=C1. The molecule has 3 aromatic carbocycles. The average molecular weight is 480 g/mol. The topological polar surface area (TPSA) is 47.9 Å². The lowest BCUT2D eigenvalue weighted by Crippen LogP contribution is -2.17. The molecule has 2 unspecified atom stereocenters. The standard InChI is InChI=1S/C27H18BrN3O/c28-19-14-15-20-23(16-19)32-22-13-7-12-21(24(20)22)27-30-25(17-8-3-1-4-9-17)29-26(31-27)18-10-5-2-6-11-18/h1-16,20,23H. The van der Waals surface area contributed by atoms with Crippen LogP contribution in [0.25, 0.3) is 34.2 Å². The molecule has 2 aliphatic rings. The van der Waals surface area contributed by atoms with Crippen LogP contribution < -0.4 is 4.74 Å². The Morgan fingerprint density at radius 1 is 0.688 bits per heavy atom. The Hall–Kier alpha value is -3.57. The van der Waals surface area contributed by atoms with E-state index < -0.39 is 0 Å². The first kappa shape index (κ1) is 19.1. The highest BCUT2D eigenvalue weighted by Gasteiger charge is 2.36. The molecule has 4 aromatic rings. The van der Waals surface area contributed by atoms with E-state index in [-0.39, 0.29) is 12.0 Å². The van der Waals surface area contributed by atoms with Crippen molar-refractivity contribution < 1.29 is 4.74 Å². The molecular weight excluding hydrogens is 462 g/mol. The summed E-state index contributed by atoms with van der Waals surface area (Å²) in [5, 5.41) is 0. The molecule has 0 spiro atoms. The van der Waals surface area contributed by atoms with Crippen molar-refractivity contribution in [3.63, 3.8) is 0 Å². The molecule has 0 N–H and O–H groups in total. The molecule has 0 bridgehead atoms. The zero-order valence-corrected chi connectivity index (χ0v) is 18.6. The van der Waals surface area contributed by atoms with Gasteiger partial charge in [0.25, 0.3) is 0 Å². The van der Waals surface area contributed by atoms with Crippen LogP contribution in [0.4, 0.5) is 0 Å². The van der Waals surface area contributed by atoms with Gasteiger partial charge in [-0.2, -0.15) is 0 Å². The third kappa shape index (κ3) is 3.35. The minimum absolute atomic E-state index is 0.0328. The van der Waals surface area contributed by atoms with Crippen LogP contribution in [0.15, 0.2) is 102 Å². The summed E-state index contributed by atoms with van der Waals surface area (Å²) in [4.78, 5) is 14.6. The van der Waals surface area contributed by atoms with Gasteiger partial charge in [0.2, 0.25) is 0 Å². The van der Waals surface area contributed by atoms with E-state index in [1.807, 2.05) is 72.8 Å². The maximum atomic E-state index is 6.24. The highest BCUT2D eigenvalue weighted by atomic mass is 79.9. The van der Waals surface area contributed by atoms with Gasteiger partial charge in [-0.05, 0) is 12.1 Å². The molecule has 0 saturated carbocycles. The molecule has 0 radical (unpaired) electrons. The maximum absolute atomic E-state index is 6.24. The maximum Gasteiger partial charge on any atom is 0.164 e. The number of hydrogen-bond donors (Lipinski definition) is 0. The van der Waals surface area contributed by atoms with Gasteiger partial charge in [0.05, 0.1) is 0 Å². The molecule has 4 nitrogen and oxygen atoms in total. The van der Waals surface area contributed by atoms with E-state index in [1.54, 1.807) is 0 Å². The summed E-state index contributed by atoms with van der Waals surface area (Å²) in [6.07, 6.45) is 6.33. The van der Waals surface area contributed by atoms with Crippen LogP contribution >= 0.6 is 15.9 Å². The third-order valence-corrected chi connectivity index (χ3v) is 6.27. The van der Waals surface area contributed by atoms with Gasteiger partial charge in [-0.25, -0.2) is 15.0 Å². The molecule has 0 fully saturated rings. The van der Waals surface area contributed by atoms with Crippen molar-refractivity contribution in [1.29, 1.82) is 0 Å². The largest absolute Gasteiger partial charge is 0.485 e. The Balaban J connectivity index is 1.55. The Kier molecular flexibility index (Phi) is 4.69. The predicted molar refractivity (Wildman–Crippen MR) is 129 cm³/mol. The van der Waals surface area contributed by atoms with Gasteiger partial charge in [0, 0.05) is 32.7 Å². The van der Waals surface area contributed by atoms with Crippen molar-refractivity contribution in [2.45, 2.75) is 12.0 Å². The van der Waals surface area contributed by atoms with Gasteiger partial charge >= 0.3 is 0 Å². The quantitative estimate of drug-likeness (QED) is 0.333. The van der Waals surface area contributed by atoms with E-state index in [0.717, 1.165) is 32.5 Å². The van der Waals surface area contributed by atoms with Crippen LogP contribution in [0.1, 0.15) is 11.5 Å². The number of fused-ring (bicyclic) bond motifs is 3. The summed E-state index contributed by atoms with van der Waals surface area (Å²) in [6, 6.07) is 26.2. The van der Waals surface area contributed by atoms with Crippen molar-refractivity contribution in [3.05, 3.63) is 107 Å². The fraction of sp³-hybridized carbons (Fsp3) is 0.0741. The number of nitrogens with zero attached hydrogens (tertiary/aromatic N) is 3. The summed E-state index contributed by atoms with van der Waals surface area (Å²) in [6.45, 7) is 0. The molecule has 1 aromatic heterocycles. The predicted octanol–water partition coefficient (Wildman–Crippen LogP) is 6.57. The van der Waals surface area contributed by atoms with Crippen LogP contribution in [0.2, 0.25) is 0 Å². The van der Waals surface area contributed by atoms with E-state index >= 15 is 0 Å². The third-order valence-electron chi connectivity index (χ3n) is 5.74. The average Bonchev–Trinajstić information content (AvgIpc) is 3.22. The Morgan fingerprint density at radius 3 is 1.97 bits per heavy atom. The number of halogens is 1. The van der Waals surface area contributed by atoms with E-state index in [2.05, 4.69) is 40.2 Å². The summed E-state index contributed by atoms with van der Waals surface area (Å²) in [5.74, 6) is 2.97. The lowest BCUT2D eigenvalue weighted by Gasteiger charge is -2.17. The van der Waals surface area contributed by atoms with Gasteiger partial charge in [-0.15, -0.1) is 0 Å². The smallest absolute Gasteiger partial charge is 0.164 e. The van der Waals surface area contributed by atoms with Crippen molar-refractivity contribution >= 4 is 15.9 Å². The van der Waals surface area contributed by atoms with E-state index in [9.17, 15) is 0 Å². The highest BCUT2D eigenvalue weighted by Crippen LogP contribution is 2.46. The zero-order chi connectivity index (χ0) is 21.5. The summed E-state index contributed by atoms with van der Waals surface area (Å²) >= 11 is 3.57. The lowest BCUT2D eigenvalue weighted by atomic mass is 9.88. The van der Waals surface area contributed by atoms with Crippen LogP contribution in [0.3, 0.4) is 0 Å². The van der Waals surface area contributed by atoms with Crippen molar-refractivity contribution in [2.24, 2.45) is 0 Å². The molecule has 2 heterocycles. The zero-order valence-electron chi connectivity index (χ0n) is 17.0. The Labute approximate surface area is 194 Å². The van der Waals surface area contributed by atoms with Gasteiger partial charge in [0.1, 0.15) is 11.9 Å². The van der Waals surface area contributed by atoms with E-state index in [4.69, 9.17) is 19.7 Å². The van der Waals surface area contributed by atoms with E-state index in [0.29, 0.717) is 17.5 Å².